The normalized spacial score (nSPS) is 18.4. The standard InChI is InChI=1S/C23H35N5O4/c24-9-4-12-27(13-14-29)11-2-1-10-25-15-17-5-3-6-18-19(17)16-28(23(18)32)20-7-8-21(30)26-22(20)31/h3,5-6,20,25,29H,1-2,4,7-16,24H2,(H,26,30,31). The third-order valence-corrected chi connectivity index (χ3v) is 6.17. The van der Waals surface area contributed by atoms with Crippen molar-refractivity contribution < 1.29 is 19.5 Å². The van der Waals surface area contributed by atoms with Crippen LogP contribution in [0.5, 0.6) is 0 Å². The maximum atomic E-state index is 12.9. The lowest BCUT2D eigenvalue weighted by atomic mass is 10.0. The van der Waals surface area contributed by atoms with Gasteiger partial charge in [0.05, 0.1) is 6.61 Å². The summed E-state index contributed by atoms with van der Waals surface area (Å²) < 4.78 is 0. The summed E-state index contributed by atoms with van der Waals surface area (Å²) in [6, 6.07) is 5.12. The van der Waals surface area contributed by atoms with Crippen LogP contribution in [0.4, 0.5) is 0 Å². The first-order valence-electron chi connectivity index (χ1n) is 11.5. The number of benzene rings is 1. The van der Waals surface area contributed by atoms with Crippen LogP contribution in [0.15, 0.2) is 18.2 Å². The molecule has 5 N–H and O–H groups in total. The molecule has 0 aromatic heterocycles. The van der Waals surface area contributed by atoms with E-state index in [1.807, 2.05) is 18.2 Å². The Hall–Kier alpha value is -2.33. The van der Waals surface area contributed by atoms with Gasteiger partial charge in [0.2, 0.25) is 11.8 Å². The predicted octanol–water partition coefficient (Wildman–Crippen LogP) is -0.0395. The molecule has 0 aliphatic carbocycles. The fraction of sp³-hybridized carbons (Fsp3) is 0.609. The van der Waals surface area contributed by atoms with E-state index in [0.29, 0.717) is 38.2 Å². The van der Waals surface area contributed by atoms with Gasteiger partial charge in [0.15, 0.2) is 0 Å². The number of nitrogens with two attached hydrogens (primary N) is 1. The van der Waals surface area contributed by atoms with Crippen LogP contribution in [0.3, 0.4) is 0 Å². The van der Waals surface area contributed by atoms with E-state index < -0.39 is 6.04 Å². The van der Waals surface area contributed by atoms with Crippen molar-refractivity contribution in [1.29, 1.82) is 0 Å². The van der Waals surface area contributed by atoms with Gasteiger partial charge in [-0.1, -0.05) is 12.1 Å². The Morgan fingerprint density at radius 2 is 1.97 bits per heavy atom. The van der Waals surface area contributed by atoms with Crippen molar-refractivity contribution in [2.45, 2.75) is 51.2 Å². The van der Waals surface area contributed by atoms with Crippen LogP contribution in [-0.4, -0.2) is 78.0 Å². The SMILES string of the molecule is NCCCN(CCO)CCCCNCc1cccc2c1CN(C1CCC(=O)NC1=O)C2=O. The fourth-order valence-electron chi connectivity index (χ4n) is 4.42. The second-order valence-corrected chi connectivity index (χ2v) is 8.43. The molecule has 0 spiro atoms. The Morgan fingerprint density at radius 1 is 1.16 bits per heavy atom. The highest BCUT2D eigenvalue weighted by Gasteiger charge is 2.39. The number of piperidine rings is 1. The molecule has 1 atom stereocenters. The van der Waals surface area contributed by atoms with Gasteiger partial charge in [-0.2, -0.15) is 0 Å². The molecule has 2 heterocycles. The molecule has 32 heavy (non-hydrogen) atoms. The quantitative estimate of drug-likeness (QED) is 0.248. The van der Waals surface area contributed by atoms with Crippen molar-refractivity contribution in [3.05, 3.63) is 34.9 Å². The molecular formula is C23H35N5O4. The van der Waals surface area contributed by atoms with Gasteiger partial charge in [-0.25, -0.2) is 0 Å². The van der Waals surface area contributed by atoms with Gasteiger partial charge in [-0.3, -0.25) is 19.7 Å². The molecule has 2 aliphatic rings. The first kappa shape index (κ1) is 24.3. The Labute approximate surface area is 189 Å². The molecule has 1 saturated heterocycles. The zero-order chi connectivity index (χ0) is 22.9. The number of aliphatic hydroxyl groups excluding tert-OH is 1. The number of amides is 3. The van der Waals surface area contributed by atoms with Crippen LogP contribution in [0.1, 0.15) is 53.6 Å². The number of nitrogens with zero attached hydrogens (tertiary/aromatic N) is 2. The summed E-state index contributed by atoms with van der Waals surface area (Å²) in [5, 5.41) is 15.0. The van der Waals surface area contributed by atoms with Gasteiger partial charge in [-0.15, -0.1) is 0 Å². The monoisotopic (exact) mass is 445 g/mol. The smallest absolute Gasteiger partial charge is 0.255 e. The number of rotatable bonds is 13. The van der Waals surface area contributed by atoms with Crippen LogP contribution in [0.2, 0.25) is 0 Å². The molecule has 176 valence electrons. The van der Waals surface area contributed by atoms with E-state index in [9.17, 15) is 19.5 Å². The Bertz CT molecular complexity index is 816. The van der Waals surface area contributed by atoms with Crippen LogP contribution < -0.4 is 16.4 Å². The summed E-state index contributed by atoms with van der Waals surface area (Å²) in [6.07, 6.45) is 3.61. The number of carbonyl (C=O) groups is 3. The maximum absolute atomic E-state index is 12.9. The average molecular weight is 446 g/mol. The van der Waals surface area contributed by atoms with Crippen molar-refractivity contribution in [2.75, 3.05) is 39.3 Å². The Kier molecular flexibility index (Phi) is 9.16. The van der Waals surface area contributed by atoms with Gasteiger partial charge in [0.1, 0.15) is 6.04 Å². The maximum Gasteiger partial charge on any atom is 0.255 e. The molecule has 1 unspecified atom stereocenters. The lowest BCUT2D eigenvalue weighted by molar-refractivity contribution is -0.136. The minimum atomic E-state index is -0.588. The van der Waals surface area contributed by atoms with Gasteiger partial charge in [0, 0.05) is 31.6 Å². The summed E-state index contributed by atoms with van der Waals surface area (Å²) in [6.45, 7) is 5.28. The highest BCUT2D eigenvalue weighted by atomic mass is 16.3. The number of nitrogens with one attached hydrogen (secondary N) is 2. The molecule has 0 radical (unpaired) electrons. The zero-order valence-corrected chi connectivity index (χ0v) is 18.6. The van der Waals surface area contributed by atoms with Gasteiger partial charge < -0.3 is 26.0 Å². The topological polar surface area (TPSA) is 128 Å². The molecule has 1 aromatic rings. The third-order valence-electron chi connectivity index (χ3n) is 6.17. The van der Waals surface area contributed by atoms with Crippen LogP contribution >= 0.6 is 0 Å². The van der Waals surface area contributed by atoms with Crippen molar-refractivity contribution in [3.8, 4) is 0 Å². The van der Waals surface area contributed by atoms with E-state index in [0.717, 1.165) is 50.0 Å². The average Bonchev–Trinajstić information content (AvgIpc) is 3.11. The Balaban J connectivity index is 1.47. The van der Waals surface area contributed by atoms with Gasteiger partial charge in [-0.05, 0) is 69.1 Å². The highest BCUT2D eigenvalue weighted by Crippen LogP contribution is 2.29. The molecule has 0 bridgehead atoms. The molecule has 1 fully saturated rings. The summed E-state index contributed by atoms with van der Waals surface area (Å²) in [5.41, 5.74) is 8.25. The molecule has 9 heteroatoms. The summed E-state index contributed by atoms with van der Waals surface area (Å²) in [7, 11) is 0. The first-order chi connectivity index (χ1) is 15.5. The van der Waals surface area contributed by atoms with Gasteiger partial charge >= 0.3 is 0 Å². The number of aliphatic hydroxyl groups is 1. The second kappa shape index (κ2) is 12.1. The minimum absolute atomic E-state index is 0.141. The lowest BCUT2D eigenvalue weighted by Crippen LogP contribution is -2.52. The van der Waals surface area contributed by atoms with E-state index in [2.05, 4.69) is 15.5 Å². The number of hydrogen-bond donors (Lipinski definition) is 4. The molecule has 9 nitrogen and oxygen atoms in total. The fourth-order valence-corrected chi connectivity index (χ4v) is 4.42. The summed E-state index contributed by atoms with van der Waals surface area (Å²) >= 11 is 0. The molecule has 0 saturated carbocycles. The van der Waals surface area contributed by atoms with Crippen molar-refractivity contribution in [1.82, 2.24) is 20.4 Å². The van der Waals surface area contributed by atoms with Crippen LogP contribution in [0, 0.1) is 0 Å². The number of fused-ring (bicyclic) bond motifs is 1. The molecule has 2 aliphatic heterocycles. The molecule has 3 rings (SSSR count). The van der Waals surface area contributed by atoms with E-state index in [4.69, 9.17) is 5.73 Å². The summed E-state index contributed by atoms with van der Waals surface area (Å²) in [4.78, 5) is 40.4. The highest BCUT2D eigenvalue weighted by molar-refractivity contribution is 6.05. The van der Waals surface area contributed by atoms with E-state index in [1.54, 1.807) is 4.90 Å². The number of imide groups is 1. The number of hydrogen-bond acceptors (Lipinski definition) is 7. The van der Waals surface area contributed by atoms with Crippen LogP contribution in [0.25, 0.3) is 0 Å². The second-order valence-electron chi connectivity index (χ2n) is 8.43. The van der Waals surface area contributed by atoms with Gasteiger partial charge in [0.25, 0.3) is 5.91 Å². The lowest BCUT2D eigenvalue weighted by Gasteiger charge is -2.29. The first-order valence-corrected chi connectivity index (χ1v) is 11.5. The minimum Gasteiger partial charge on any atom is -0.395 e. The number of unbranched alkanes of at least 4 members (excludes halogenated alkanes) is 1. The van der Waals surface area contributed by atoms with Crippen molar-refractivity contribution >= 4 is 17.7 Å². The molecule has 3 amide bonds. The van der Waals surface area contributed by atoms with E-state index in [-0.39, 0.29) is 30.7 Å². The van der Waals surface area contributed by atoms with E-state index >= 15 is 0 Å². The van der Waals surface area contributed by atoms with E-state index in [1.165, 1.54) is 0 Å². The third kappa shape index (κ3) is 6.13. The molecular weight excluding hydrogens is 410 g/mol. The summed E-state index contributed by atoms with van der Waals surface area (Å²) in [5.74, 6) is -0.805. The molecule has 1 aromatic carbocycles. The van der Waals surface area contributed by atoms with Crippen molar-refractivity contribution in [3.63, 3.8) is 0 Å². The number of carbonyl (C=O) groups excluding carboxylic acids is 3. The largest absolute Gasteiger partial charge is 0.395 e. The Morgan fingerprint density at radius 3 is 2.72 bits per heavy atom. The van der Waals surface area contributed by atoms with Crippen LogP contribution in [-0.2, 0) is 22.7 Å². The van der Waals surface area contributed by atoms with Crippen molar-refractivity contribution in [2.24, 2.45) is 5.73 Å². The zero-order valence-electron chi connectivity index (χ0n) is 18.6. The predicted molar refractivity (Wildman–Crippen MR) is 121 cm³/mol.